The predicted octanol–water partition coefficient (Wildman–Crippen LogP) is 3.97. The monoisotopic (exact) mass is 517 g/mol. The first kappa shape index (κ1) is 27.5. The first-order chi connectivity index (χ1) is 18.4. The molecule has 0 saturated heterocycles. The van der Waals surface area contributed by atoms with Gasteiger partial charge in [-0.25, -0.2) is 4.39 Å². The molecule has 2 aliphatic carbocycles. The van der Waals surface area contributed by atoms with Crippen LogP contribution >= 0.6 is 0 Å². The molecular weight excluding hydrogens is 481 g/mol. The number of nitrogens with zero attached hydrogens (tertiary/aromatic N) is 2. The zero-order valence-electron chi connectivity index (χ0n) is 22.3. The number of ether oxygens (including phenoxy) is 1. The molecule has 3 unspecified atom stereocenters. The molecule has 1 saturated carbocycles. The molecule has 1 aromatic carbocycles. The van der Waals surface area contributed by atoms with Crippen molar-refractivity contribution in [2.24, 2.45) is 11.8 Å². The highest BCUT2D eigenvalue weighted by molar-refractivity contribution is 5.98. The first-order valence-corrected chi connectivity index (χ1v) is 13.5. The van der Waals surface area contributed by atoms with Crippen molar-refractivity contribution in [3.05, 3.63) is 69.1 Å². The van der Waals surface area contributed by atoms with Crippen molar-refractivity contribution < 1.29 is 18.7 Å². The van der Waals surface area contributed by atoms with Gasteiger partial charge in [0.1, 0.15) is 5.82 Å². The Morgan fingerprint density at radius 3 is 2.76 bits per heavy atom. The third kappa shape index (κ3) is 5.81. The van der Waals surface area contributed by atoms with E-state index in [-0.39, 0.29) is 34.7 Å². The second kappa shape index (κ2) is 12.4. The first-order valence-electron chi connectivity index (χ1n) is 13.5. The largest absolute Gasteiger partial charge is 0.383 e. The van der Waals surface area contributed by atoms with Crippen LogP contribution in [-0.4, -0.2) is 36.5 Å². The van der Waals surface area contributed by atoms with Gasteiger partial charge in [-0.1, -0.05) is 32.1 Å². The van der Waals surface area contributed by atoms with Crippen LogP contribution in [0.25, 0.3) is 12.7 Å². The van der Waals surface area contributed by atoms with E-state index < -0.39 is 5.82 Å². The summed E-state index contributed by atoms with van der Waals surface area (Å²) in [5.41, 5.74) is 2.20. The molecule has 0 bridgehead atoms. The summed E-state index contributed by atoms with van der Waals surface area (Å²) in [5, 5.41) is 13.9. The average Bonchev–Trinajstić information content (AvgIpc) is 3.07. The number of benzene rings is 1. The fourth-order valence-electron chi connectivity index (χ4n) is 5.87. The third-order valence-electron chi connectivity index (χ3n) is 7.98. The van der Waals surface area contributed by atoms with E-state index in [1.807, 2.05) is 18.2 Å². The van der Waals surface area contributed by atoms with Gasteiger partial charge in [0.2, 0.25) is 5.91 Å². The Morgan fingerprint density at radius 1 is 1.24 bits per heavy atom. The van der Waals surface area contributed by atoms with Gasteiger partial charge in [-0.3, -0.25) is 9.59 Å². The number of fused-ring (bicyclic) bond motifs is 1. The Balaban J connectivity index is 1.44. The smallest absolute Gasteiger partial charge is 0.247 e. The van der Waals surface area contributed by atoms with E-state index in [9.17, 15) is 14.0 Å². The molecular formula is C31H36FN3O3. The highest BCUT2D eigenvalue weighted by Crippen LogP contribution is 2.32. The van der Waals surface area contributed by atoms with Crippen molar-refractivity contribution in [3.63, 3.8) is 0 Å². The summed E-state index contributed by atoms with van der Waals surface area (Å²) in [6.07, 6.45) is 11.1. The Morgan fingerprint density at radius 2 is 2.05 bits per heavy atom. The van der Waals surface area contributed by atoms with Crippen LogP contribution < -0.4 is 15.9 Å². The Bertz CT molecular complexity index is 1380. The Kier molecular flexibility index (Phi) is 8.96. The average molecular weight is 518 g/mol. The normalized spacial score (nSPS) is 20.9. The molecule has 4 rings (SSSR count). The molecule has 2 aromatic rings. The van der Waals surface area contributed by atoms with Gasteiger partial charge in [-0.05, 0) is 61.8 Å². The summed E-state index contributed by atoms with van der Waals surface area (Å²) in [5.74, 6) is -0.648. The lowest BCUT2D eigenvalue weighted by Gasteiger charge is -2.20. The van der Waals surface area contributed by atoms with Crippen LogP contribution in [-0.2, 0) is 16.1 Å². The minimum atomic E-state index is -0.614. The maximum Gasteiger partial charge on any atom is 0.247 e. The lowest BCUT2D eigenvalue weighted by atomic mass is 9.85. The second-order valence-electron chi connectivity index (χ2n) is 10.3. The molecule has 1 fully saturated rings. The molecule has 0 radical (unpaired) electrons. The number of hydrogen-bond donors (Lipinski definition) is 1. The molecule has 0 aliphatic heterocycles. The van der Waals surface area contributed by atoms with Crippen LogP contribution in [0.15, 0.2) is 36.0 Å². The maximum absolute atomic E-state index is 14.5. The molecule has 2 aliphatic rings. The number of rotatable bonds is 9. The number of allylic oxidation sites excluding steroid dienone is 1. The van der Waals surface area contributed by atoms with Crippen molar-refractivity contribution >= 4 is 24.3 Å². The molecule has 1 amide bonds. The lowest BCUT2D eigenvalue weighted by molar-refractivity contribution is -0.118. The highest BCUT2D eigenvalue weighted by atomic mass is 19.1. The number of hydrogen-bond acceptors (Lipinski definition) is 4. The van der Waals surface area contributed by atoms with Crippen molar-refractivity contribution in [2.45, 2.75) is 57.9 Å². The van der Waals surface area contributed by atoms with Gasteiger partial charge in [-0.2, -0.15) is 5.26 Å². The number of carbonyl (C=O) groups excluding carboxylic acids is 2. The van der Waals surface area contributed by atoms with E-state index in [0.29, 0.717) is 25.5 Å². The summed E-state index contributed by atoms with van der Waals surface area (Å²) < 4.78 is 21.7. The maximum atomic E-state index is 14.5. The molecule has 38 heavy (non-hydrogen) atoms. The van der Waals surface area contributed by atoms with E-state index in [1.165, 1.54) is 12.1 Å². The molecule has 1 aromatic heterocycles. The minimum absolute atomic E-state index is 0.0118. The van der Waals surface area contributed by atoms with E-state index in [0.717, 1.165) is 66.4 Å². The Hall–Kier alpha value is -3.50. The SMILES string of the molecule is C=c1c2c(cn1CC1CCCC(C(=O)c3ccc(C#N)cc3F)CC1)C(CC)C(C(=O)NCCOC)=CC=2. The van der Waals surface area contributed by atoms with Gasteiger partial charge in [0.15, 0.2) is 5.78 Å². The number of carbonyl (C=O) groups is 2. The molecule has 200 valence electrons. The fraction of sp³-hybridized carbons (Fsp3) is 0.452. The summed E-state index contributed by atoms with van der Waals surface area (Å²) in [6.45, 7) is 8.20. The van der Waals surface area contributed by atoms with Gasteiger partial charge in [0.25, 0.3) is 0 Å². The number of amides is 1. The minimum Gasteiger partial charge on any atom is -0.383 e. The predicted molar refractivity (Wildman–Crippen MR) is 145 cm³/mol. The number of halogens is 1. The van der Waals surface area contributed by atoms with Gasteiger partial charge in [0, 0.05) is 54.4 Å². The zero-order valence-corrected chi connectivity index (χ0v) is 22.3. The third-order valence-corrected chi connectivity index (χ3v) is 7.98. The van der Waals surface area contributed by atoms with Crippen LogP contribution in [0.1, 0.15) is 72.9 Å². The number of nitriles is 1. The van der Waals surface area contributed by atoms with Crippen molar-refractivity contribution in [1.29, 1.82) is 5.26 Å². The topological polar surface area (TPSA) is 84.1 Å². The number of aromatic nitrogens is 1. The standard InChI is InChI=1S/C31H36FN3O3/c1-4-24-26(31(37)34-14-15-38-3)13-12-25-20(2)35(19-28(24)25)18-21-6-5-7-23(10-8-21)30(36)27-11-9-22(17-33)16-29(27)32/h9,11-13,16,19,21,23-24H,2,4-8,10,14-15,18H2,1,3H3,(H,34,37). The summed E-state index contributed by atoms with van der Waals surface area (Å²) in [4.78, 5) is 25.9. The fourth-order valence-corrected chi connectivity index (χ4v) is 5.87. The van der Waals surface area contributed by atoms with E-state index in [2.05, 4.69) is 29.6 Å². The van der Waals surface area contributed by atoms with E-state index in [4.69, 9.17) is 10.00 Å². The molecule has 6 nitrogen and oxygen atoms in total. The number of Topliss-reactive ketones (excluding diaryl/α,β-unsaturated/α-hetero) is 1. The molecule has 7 heteroatoms. The van der Waals surface area contributed by atoms with Crippen LogP contribution in [0.3, 0.4) is 0 Å². The second-order valence-corrected chi connectivity index (χ2v) is 10.3. The summed E-state index contributed by atoms with van der Waals surface area (Å²) in [6, 6.07) is 6.00. The quantitative estimate of drug-likeness (QED) is 0.310. The lowest BCUT2D eigenvalue weighted by Crippen LogP contribution is -2.35. The molecule has 0 spiro atoms. The number of methoxy groups -OCH3 is 1. The zero-order chi connectivity index (χ0) is 27.2. The molecule has 3 atom stereocenters. The summed E-state index contributed by atoms with van der Waals surface area (Å²) >= 11 is 0. The number of ketones is 1. The van der Waals surface area contributed by atoms with Gasteiger partial charge in [-0.15, -0.1) is 0 Å². The van der Waals surface area contributed by atoms with Crippen LogP contribution in [0.4, 0.5) is 4.39 Å². The molecule has 1 heterocycles. The van der Waals surface area contributed by atoms with Crippen LogP contribution in [0.2, 0.25) is 0 Å². The van der Waals surface area contributed by atoms with Gasteiger partial charge in [0.05, 0.1) is 23.8 Å². The van der Waals surface area contributed by atoms with E-state index in [1.54, 1.807) is 7.11 Å². The van der Waals surface area contributed by atoms with Gasteiger partial charge >= 0.3 is 0 Å². The van der Waals surface area contributed by atoms with Gasteiger partial charge < -0.3 is 14.6 Å². The highest BCUT2D eigenvalue weighted by Gasteiger charge is 2.29. The van der Waals surface area contributed by atoms with Crippen LogP contribution in [0.5, 0.6) is 0 Å². The van der Waals surface area contributed by atoms with E-state index >= 15 is 0 Å². The Labute approximate surface area is 223 Å². The molecule has 1 N–H and O–H groups in total. The van der Waals surface area contributed by atoms with Crippen molar-refractivity contribution in [3.8, 4) is 6.07 Å². The number of nitrogens with one attached hydrogen (secondary N) is 1. The summed E-state index contributed by atoms with van der Waals surface area (Å²) in [7, 11) is 1.61. The van der Waals surface area contributed by atoms with Crippen molar-refractivity contribution in [2.75, 3.05) is 20.3 Å². The van der Waals surface area contributed by atoms with Crippen LogP contribution in [0, 0.1) is 29.0 Å². The van der Waals surface area contributed by atoms with Crippen molar-refractivity contribution in [1.82, 2.24) is 9.88 Å².